The maximum atomic E-state index is 13.1. The number of fused-ring (bicyclic) bond motifs is 1. The molecule has 0 spiro atoms. The molecule has 32 heavy (non-hydrogen) atoms. The Morgan fingerprint density at radius 1 is 1.09 bits per heavy atom. The van der Waals surface area contributed by atoms with Gasteiger partial charge in [0.1, 0.15) is 6.61 Å². The number of benzene rings is 2. The highest BCUT2D eigenvalue weighted by molar-refractivity contribution is 5.89. The first-order chi connectivity index (χ1) is 15.2. The molecule has 0 amide bonds. The van der Waals surface area contributed by atoms with Gasteiger partial charge in [-0.25, -0.2) is 9.53 Å². The third-order valence-corrected chi connectivity index (χ3v) is 5.18. The van der Waals surface area contributed by atoms with Gasteiger partial charge in [0.2, 0.25) is 6.04 Å². The van der Waals surface area contributed by atoms with Crippen LogP contribution >= 0.6 is 0 Å². The van der Waals surface area contributed by atoms with Crippen molar-refractivity contribution < 1.29 is 33.4 Å². The summed E-state index contributed by atoms with van der Waals surface area (Å²) >= 11 is 0. The van der Waals surface area contributed by atoms with Crippen LogP contribution in [0, 0.1) is 15.3 Å². The minimum absolute atomic E-state index is 0.0798. The Bertz CT molecular complexity index is 1020. The van der Waals surface area contributed by atoms with Crippen LogP contribution < -0.4 is 0 Å². The lowest BCUT2D eigenvalue weighted by molar-refractivity contribution is -0.514. The summed E-state index contributed by atoms with van der Waals surface area (Å²) in [4.78, 5) is 22.6. The van der Waals surface area contributed by atoms with E-state index in [1.54, 1.807) is 44.2 Å². The van der Waals surface area contributed by atoms with E-state index < -0.39 is 41.2 Å². The fourth-order valence-electron chi connectivity index (χ4n) is 3.74. The second-order valence-electron chi connectivity index (χ2n) is 7.94. The van der Waals surface area contributed by atoms with Gasteiger partial charge in [0.15, 0.2) is 30.5 Å². The van der Waals surface area contributed by atoms with Crippen LogP contribution in [0.1, 0.15) is 29.8 Å². The first-order valence-electron chi connectivity index (χ1n) is 10.0. The van der Waals surface area contributed by atoms with Gasteiger partial charge < -0.3 is 24.2 Å². The zero-order valence-corrected chi connectivity index (χ0v) is 17.5. The highest BCUT2D eigenvalue weighted by atomic mass is 16.8. The van der Waals surface area contributed by atoms with Crippen molar-refractivity contribution in [2.24, 2.45) is 0 Å². The van der Waals surface area contributed by atoms with E-state index in [1.165, 1.54) is 30.5 Å². The largest absolute Gasteiger partial charge is 0.623 e. The van der Waals surface area contributed by atoms with Gasteiger partial charge in [-0.3, -0.25) is 10.1 Å². The Hall–Kier alpha value is -3.34. The zero-order valence-electron chi connectivity index (χ0n) is 17.5. The summed E-state index contributed by atoms with van der Waals surface area (Å²) in [6.07, 6.45) is -1.02. The van der Waals surface area contributed by atoms with E-state index in [4.69, 9.17) is 18.9 Å². The molecule has 2 aliphatic rings. The van der Waals surface area contributed by atoms with Crippen molar-refractivity contribution in [3.63, 3.8) is 0 Å². The van der Waals surface area contributed by atoms with E-state index in [-0.39, 0.29) is 12.3 Å². The molecule has 0 unspecified atom stereocenters. The first-order valence-corrected chi connectivity index (χ1v) is 10.0. The molecule has 2 saturated heterocycles. The third-order valence-electron chi connectivity index (χ3n) is 5.18. The maximum Gasteiger partial charge on any atom is 0.338 e. The molecule has 0 bridgehead atoms. The van der Waals surface area contributed by atoms with E-state index in [2.05, 4.69) is 0 Å². The molecule has 10 nitrogen and oxygen atoms in total. The van der Waals surface area contributed by atoms with Gasteiger partial charge >= 0.3 is 5.97 Å². The van der Waals surface area contributed by atoms with Crippen molar-refractivity contribution >= 4 is 17.9 Å². The van der Waals surface area contributed by atoms with Crippen LogP contribution in [0.2, 0.25) is 0 Å². The normalized spacial score (nSPS) is 26.5. The number of carbonyl (C=O) groups is 1. The number of non-ortho nitro benzene ring substituents is 1. The molecular formula is C22H22N2O8. The van der Waals surface area contributed by atoms with Crippen LogP contribution in [0.3, 0.4) is 0 Å². The summed E-state index contributed by atoms with van der Waals surface area (Å²) in [7, 11) is 0. The number of carbonyl (C=O) groups excluding carboxylic acids is 1. The number of ether oxygens (including phenoxy) is 4. The molecule has 0 saturated carbocycles. The van der Waals surface area contributed by atoms with Gasteiger partial charge in [-0.1, -0.05) is 18.2 Å². The second-order valence-corrected chi connectivity index (χ2v) is 7.94. The molecule has 2 fully saturated rings. The van der Waals surface area contributed by atoms with E-state index in [0.29, 0.717) is 15.9 Å². The smallest absolute Gasteiger partial charge is 0.338 e. The predicted molar refractivity (Wildman–Crippen MR) is 111 cm³/mol. The van der Waals surface area contributed by atoms with Crippen molar-refractivity contribution in [2.75, 3.05) is 6.61 Å². The zero-order chi connectivity index (χ0) is 22.9. The Morgan fingerprint density at radius 2 is 1.78 bits per heavy atom. The van der Waals surface area contributed by atoms with Crippen LogP contribution in [0.5, 0.6) is 0 Å². The number of nitrogens with zero attached hydrogens (tertiary/aromatic N) is 2. The van der Waals surface area contributed by atoms with Crippen LogP contribution in [-0.2, 0) is 18.9 Å². The molecule has 2 heterocycles. The van der Waals surface area contributed by atoms with Gasteiger partial charge in [0, 0.05) is 17.7 Å². The molecule has 2 aliphatic heterocycles. The minimum atomic E-state index is -0.937. The monoisotopic (exact) mass is 442 g/mol. The average molecular weight is 442 g/mol. The summed E-state index contributed by atoms with van der Waals surface area (Å²) in [6.45, 7) is 3.25. The Morgan fingerprint density at radius 3 is 2.44 bits per heavy atom. The van der Waals surface area contributed by atoms with Crippen molar-refractivity contribution in [3.8, 4) is 0 Å². The second kappa shape index (κ2) is 8.65. The highest BCUT2D eigenvalue weighted by Gasteiger charge is 2.59. The Balaban J connectivity index is 1.53. The van der Waals surface area contributed by atoms with Crippen molar-refractivity contribution in [3.05, 3.63) is 81.0 Å². The van der Waals surface area contributed by atoms with E-state index in [1.807, 2.05) is 0 Å². The van der Waals surface area contributed by atoms with Crippen LogP contribution in [0.15, 0.2) is 54.6 Å². The molecule has 4 rings (SSSR count). The van der Waals surface area contributed by atoms with Crippen LogP contribution in [-0.4, -0.2) is 58.8 Å². The molecule has 4 atom stereocenters. The Labute approximate surface area is 183 Å². The van der Waals surface area contributed by atoms with Gasteiger partial charge in [-0.15, -0.1) is 0 Å². The summed E-state index contributed by atoms with van der Waals surface area (Å²) in [5.41, 5.74) is 0.767. The molecule has 0 aliphatic carbocycles. The van der Waals surface area contributed by atoms with E-state index in [0.717, 1.165) is 0 Å². The molecule has 10 heteroatoms. The molecule has 2 aromatic carbocycles. The fraction of sp³-hybridized carbons (Fsp3) is 0.364. The molecular weight excluding hydrogens is 420 g/mol. The minimum Gasteiger partial charge on any atom is -0.623 e. The lowest BCUT2D eigenvalue weighted by atomic mass is 10.1. The molecule has 168 valence electrons. The molecule has 0 radical (unpaired) electrons. The summed E-state index contributed by atoms with van der Waals surface area (Å²) in [6, 6.07) is 13.2. The lowest BCUT2D eigenvalue weighted by Crippen LogP contribution is -2.44. The Kier molecular flexibility index (Phi) is 5.92. The van der Waals surface area contributed by atoms with Gasteiger partial charge in [0.05, 0.1) is 10.5 Å². The van der Waals surface area contributed by atoms with Gasteiger partial charge in [0.25, 0.3) is 5.69 Å². The number of rotatable bonds is 6. The predicted octanol–water partition coefficient (Wildman–Crippen LogP) is 2.63. The first kappa shape index (κ1) is 21.9. The molecule has 0 aromatic heterocycles. The average Bonchev–Trinajstić information content (AvgIpc) is 3.23. The summed E-state index contributed by atoms with van der Waals surface area (Å²) < 4.78 is 23.5. The third kappa shape index (κ3) is 4.62. The topological polar surface area (TPSA) is 123 Å². The quantitative estimate of drug-likeness (QED) is 0.167. The number of hydrogen-bond acceptors (Lipinski definition) is 8. The van der Waals surface area contributed by atoms with Crippen molar-refractivity contribution in [2.45, 2.75) is 44.2 Å². The van der Waals surface area contributed by atoms with E-state index >= 15 is 0 Å². The van der Waals surface area contributed by atoms with E-state index in [9.17, 15) is 20.1 Å². The number of esters is 1. The van der Waals surface area contributed by atoms with Crippen molar-refractivity contribution in [1.29, 1.82) is 0 Å². The maximum absolute atomic E-state index is 13.1. The van der Waals surface area contributed by atoms with Crippen LogP contribution in [0.25, 0.3) is 0 Å². The fourth-order valence-corrected chi connectivity index (χ4v) is 3.74. The summed E-state index contributed by atoms with van der Waals surface area (Å²) in [5.74, 6) is -1.48. The van der Waals surface area contributed by atoms with Gasteiger partial charge in [-0.05, 0) is 38.1 Å². The number of hydrogen-bond donors (Lipinski definition) is 0. The van der Waals surface area contributed by atoms with Crippen molar-refractivity contribution in [1.82, 2.24) is 0 Å². The summed E-state index contributed by atoms with van der Waals surface area (Å²) in [5, 5.41) is 23.9. The standard InChI is InChI=1S/C22H22N2O8/c1-22(2)31-19-18(23(26)12-14-8-10-16(11-9-14)24(27)28)17(30-21(19)32-22)13-29-20(25)15-6-4-3-5-7-15/h3-12,17-19,21H,13H2,1-2H3/b23-12-/t17-,18-,19-,21-/m1/s1. The molecule has 2 aromatic rings. The van der Waals surface area contributed by atoms with Gasteiger partial charge in [-0.2, -0.15) is 0 Å². The van der Waals surface area contributed by atoms with Crippen LogP contribution in [0.4, 0.5) is 5.69 Å². The highest BCUT2D eigenvalue weighted by Crippen LogP contribution is 2.38. The number of nitro groups is 1. The molecule has 0 N–H and O–H groups in total. The number of hydroxylamine groups is 1. The lowest BCUT2D eigenvalue weighted by Gasteiger charge is -2.24. The number of nitro benzene ring substituents is 1. The SMILES string of the molecule is CC1(C)O[C@H]2O[C@H](COC(=O)c3ccccc3)[C@@H](/[N+]([O-])=C/c3ccc([N+](=O)[O-])cc3)[C@H]2O1.